The molecule has 146 valence electrons. The third-order valence-corrected chi connectivity index (χ3v) is 6.81. The van der Waals surface area contributed by atoms with E-state index in [1.165, 1.54) is 0 Å². The van der Waals surface area contributed by atoms with E-state index in [2.05, 4.69) is 17.0 Å². The summed E-state index contributed by atoms with van der Waals surface area (Å²) in [4.78, 5) is 29.0. The number of hydrogen-bond acceptors (Lipinski definition) is 5. The average molecular weight is 387 g/mol. The molecule has 6 rings (SSSR count). The zero-order valence-corrected chi connectivity index (χ0v) is 16.0. The number of hydrogen-bond donors (Lipinski definition) is 0. The fourth-order valence-corrected chi connectivity index (χ4v) is 5.51. The highest BCUT2D eigenvalue weighted by molar-refractivity contribution is 6.02. The molecular weight excluding hydrogens is 366 g/mol. The number of carbonyl (C=O) groups excluding carboxylic acids is 2. The number of fused-ring (bicyclic) bond motifs is 8. The molecule has 2 aromatic rings. The maximum absolute atomic E-state index is 13.7. The lowest BCUT2D eigenvalue weighted by Crippen LogP contribution is -2.48. The number of ketones is 2. The minimum Gasteiger partial charge on any atom is -0.359 e. The monoisotopic (exact) mass is 387 g/mol. The molecule has 0 aromatic heterocycles. The molecule has 3 saturated heterocycles. The summed E-state index contributed by atoms with van der Waals surface area (Å²) in [5.41, 5.74) is 3.97. The number of nitrogens with zero attached hydrogens (tertiary/aromatic N) is 1. The van der Waals surface area contributed by atoms with Crippen LogP contribution in [0.25, 0.3) is 6.08 Å². The zero-order valence-electron chi connectivity index (χ0n) is 16.0. The first-order valence-electron chi connectivity index (χ1n) is 10.1. The molecule has 0 saturated carbocycles. The zero-order chi connectivity index (χ0) is 19.7. The van der Waals surface area contributed by atoms with Crippen LogP contribution in [0.5, 0.6) is 0 Å². The highest BCUT2D eigenvalue weighted by atomic mass is 16.7. The van der Waals surface area contributed by atoms with Gasteiger partial charge in [0.1, 0.15) is 0 Å². The first kappa shape index (κ1) is 17.1. The maximum atomic E-state index is 13.7. The van der Waals surface area contributed by atoms with Gasteiger partial charge in [0.15, 0.2) is 11.6 Å². The number of benzene rings is 2. The lowest BCUT2D eigenvalue weighted by atomic mass is 9.75. The van der Waals surface area contributed by atoms with E-state index in [9.17, 15) is 9.59 Å². The van der Waals surface area contributed by atoms with Gasteiger partial charge in [-0.3, -0.25) is 9.59 Å². The quantitative estimate of drug-likeness (QED) is 0.741. The van der Waals surface area contributed by atoms with Crippen molar-refractivity contribution in [1.29, 1.82) is 0 Å². The Hall–Kier alpha value is -2.76. The van der Waals surface area contributed by atoms with Gasteiger partial charge in [0, 0.05) is 17.7 Å². The second-order valence-electron chi connectivity index (χ2n) is 8.36. The Balaban J connectivity index is 1.50. The molecule has 2 bridgehead atoms. The van der Waals surface area contributed by atoms with Gasteiger partial charge in [0.2, 0.25) is 6.29 Å². The number of ether oxygens (including phenoxy) is 2. The van der Waals surface area contributed by atoms with Gasteiger partial charge >= 0.3 is 0 Å². The highest BCUT2D eigenvalue weighted by Crippen LogP contribution is 2.54. The van der Waals surface area contributed by atoms with Crippen molar-refractivity contribution in [2.75, 3.05) is 6.61 Å². The largest absolute Gasteiger partial charge is 0.359 e. The van der Waals surface area contributed by atoms with Crippen molar-refractivity contribution in [2.45, 2.75) is 31.4 Å². The molecule has 4 aliphatic rings. The van der Waals surface area contributed by atoms with Crippen LogP contribution >= 0.6 is 0 Å². The topological polar surface area (TPSA) is 55.8 Å². The predicted molar refractivity (Wildman–Crippen MR) is 106 cm³/mol. The lowest BCUT2D eigenvalue weighted by Gasteiger charge is -2.34. The van der Waals surface area contributed by atoms with Crippen molar-refractivity contribution in [2.24, 2.45) is 11.8 Å². The molecule has 3 fully saturated rings. The summed E-state index contributed by atoms with van der Waals surface area (Å²) in [6.45, 7) is 2.37. The van der Waals surface area contributed by atoms with E-state index in [0.717, 1.165) is 16.7 Å². The highest BCUT2D eigenvalue weighted by Gasteiger charge is 2.63. The van der Waals surface area contributed by atoms with Crippen LogP contribution in [0, 0.1) is 18.8 Å². The van der Waals surface area contributed by atoms with Crippen LogP contribution in [0.15, 0.2) is 54.7 Å². The minimum atomic E-state index is -0.797. The third kappa shape index (κ3) is 2.35. The van der Waals surface area contributed by atoms with E-state index in [1.54, 1.807) is 0 Å². The molecule has 5 nitrogen and oxygen atoms in total. The molecule has 5 heteroatoms. The summed E-state index contributed by atoms with van der Waals surface area (Å²) in [5, 5.41) is 0. The molecular formula is C24H21NO4. The number of rotatable bonds is 2. The Labute approximate surface area is 168 Å². The molecule has 4 heterocycles. The molecule has 6 atom stereocenters. The van der Waals surface area contributed by atoms with Gasteiger partial charge in [-0.1, -0.05) is 54.1 Å². The second-order valence-corrected chi connectivity index (χ2v) is 8.36. The minimum absolute atomic E-state index is 0.0354. The van der Waals surface area contributed by atoms with Crippen LogP contribution < -0.4 is 0 Å². The average Bonchev–Trinajstić information content (AvgIpc) is 3.33. The summed E-state index contributed by atoms with van der Waals surface area (Å²) in [6, 6.07) is 15.2. The third-order valence-electron chi connectivity index (χ3n) is 6.81. The van der Waals surface area contributed by atoms with Gasteiger partial charge in [-0.2, -0.15) is 0 Å². The summed E-state index contributed by atoms with van der Waals surface area (Å²) < 4.78 is 11.5. The molecule has 4 aliphatic heterocycles. The molecule has 0 spiro atoms. The van der Waals surface area contributed by atoms with E-state index < -0.39 is 12.3 Å². The van der Waals surface area contributed by atoms with Crippen molar-refractivity contribution in [3.8, 4) is 0 Å². The fraction of sp³-hybridized carbons (Fsp3) is 0.333. The van der Waals surface area contributed by atoms with Gasteiger partial charge in [-0.05, 0) is 24.1 Å². The number of Topliss-reactive ketones (excluding diaryl/α,β-unsaturated/α-hetero) is 2. The van der Waals surface area contributed by atoms with E-state index in [0.29, 0.717) is 12.2 Å². The Kier molecular flexibility index (Phi) is 3.61. The molecule has 29 heavy (non-hydrogen) atoms. The van der Waals surface area contributed by atoms with Gasteiger partial charge in [-0.25, -0.2) is 0 Å². The Morgan fingerprint density at radius 3 is 2.72 bits per heavy atom. The van der Waals surface area contributed by atoms with Crippen molar-refractivity contribution in [3.05, 3.63) is 77.0 Å². The van der Waals surface area contributed by atoms with Crippen molar-refractivity contribution in [1.82, 2.24) is 4.90 Å². The van der Waals surface area contributed by atoms with Crippen LogP contribution in [0.4, 0.5) is 0 Å². The maximum Gasteiger partial charge on any atom is 0.218 e. The summed E-state index contributed by atoms with van der Waals surface area (Å²) in [7, 11) is 0. The van der Waals surface area contributed by atoms with Crippen LogP contribution in [0.1, 0.15) is 33.1 Å². The Bertz CT molecular complexity index is 1040. The van der Waals surface area contributed by atoms with Gasteiger partial charge in [-0.15, -0.1) is 0 Å². The Morgan fingerprint density at radius 1 is 1.10 bits per heavy atom. The second kappa shape index (κ2) is 6.12. The van der Waals surface area contributed by atoms with Crippen molar-refractivity contribution >= 4 is 17.6 Å². The van der Waals surface area contributed by atoms with Crippen LogP contribution in [0.2, 0.25) is 0 Å². The fourth-order valence-electron chi connectivity index (χ4n) is 5.51. The smallest absolute Gasteiger partial charge is 0.218 e. The molecule has 0 amide bonds. The summed E-state index contributed by atoms with van der Waals surface area (Å²) in [6.07, 6.45) is 2.99. The number of carbonyl (C=O) groups is 2. The van der Waals surface area contributed by atoms with Crippen molar-refractivity contribution < 1.29 is 19.1 Å². The normalized spacial score (nSPS) is 34.0. The molecule has 2 aromatic carbocycles. The van der Waals surface area contributed by atoms with E-state index >= 15 is 0 Å². The SMILES string of the molecule is Cc1ccc(C(=O)C2C3C4COC(O4)C(=O)C3C3c4ccccc4C=CN23)cc1. The number of aryl methyl sites for hydroxylation is 1. The Morgan fingerprint density at radius 2 is 1.90 bits per heavy atom. The molecule has 0 N–H and O–H groups in total. The first-order chi connectivity index (χ1) is 14.1. The summed E-state index contributed by atoms with van der Waals surface area (Å²) in [5.74, 6) is -0.543. The lowest BCUT2D eigenvalue weighted by molar-refractivity contribution is -0.164. The predicted octanol–water partition coefficient (Wildman–Crippen LogP) is 3.14. The summed E-state index contributed by atoms with van der Waals surface area (Å²) >= 11 is 0. The van der Waals surface area contributed by atoms with E-state index in [4.69, 9.17) is 9.47 Å². The molecule has 0 aliphatic carbocycles. The van der Waals surface area contributed by atoms with E-state index in [-0.39, 0.29) is 35.5 Å². The first-order valence-corrected chi connectivity index (χ1v) is 10.1. The van der Waals surface area contributed by atoms with E-state index in [1.807, 2.05) is 55.6 Å². The standard InChI is InChI=1S/C24H21NO4/c1-13-6-8-15(9-7-13)22(26)21-18-17-12-28-24(29-17)23(27)19(18)20-16-5-3-2-4-14(16)10-11-25(20)21/h2-11,17-21,24H,12H2,1H3. The van der Waals surface area contributed by atoms with Gasteiger partial charge < -0.3 is 14.4 Å². The van der Waals surface area contributed by atoms with Crippen LogP contribution in [-0.2, 0) is 14.3 Å². The van der Waals surface area contributed by atoms with Gasteiger partial charge in [0.05, 0.1) is 30.7 Å². The van der Waals surface area contributed by atoms with Gasteiger partial charge in [0.25, 0.3) is 0 Å². The van der Waals surface area contributed by atoms with Crippen LogP contribution in [0.3, 0.4) is 0 Å². The molecule has 0 radical (unpaired) electrons. The van der Waals surface area contributed by atoms with Crippen molar-refractivity contribution in [3.63, 3.8) is 0 Å². The van der Waals surface area contributed by atoms with Crippen LogP contribution in [-0.4, -0.2) is 41.5 Å². The molecule has 6 unspecified atom stereocenters.